The Balaban J connectivity index is 3.13. The first kappa shape index (κ1) is 13.0. The fourth-order valence-corrected chi connectivity index (χ4v) is 1.41. The summed E-state index contributed by atoms with van der Waals surface area (Å²) in [6, 6.07) is 3.43. The smallest absolute Gasteiger partial charge is 0.279 e. The summed E-state index contributed by atoms with van der Waals surface area (Å²) >= 11 is 0. The van der Waals surface area contributed by atoms with Crippen LogP contribution in [0.3, 0.4) is 0 Å². The average molecular weight is 240 g/mol. The number of nitro benzene ring substituents is 2. The van der Waals surface area contributed by atoms with Gasteiger partial charge in [-0.1, -0.05) is 6.92 Å². The van der Waals surface area contributed by atoms with Gasteiger partial charge >= 0.3 is 0 Å². The summed E-state index contributed by atoms with van der Waals surface area (Å²) in [5.74, 6) is 0. The zero-order valence-electron chi connectivity index (χ0n) is 9.20. The molecule has 0 fully saturated rings. The summed E-state index contributed by atoms with van der Waals surface area (Å²) in [6.07, 6.45) is -0.103. The van der Waals surface area contributed by atoms with Crippen LogP contribution in [0.25, 0.3) is 0 Å². The monoisotopic (exact) mass is 240 g/mol. The normalized spacial score (nSPS) is 12.1. The standard InChI is InChI=1S/C10H12N2O5/c1-2-9(13)5-7-3-4-8(11(14)15)6-10(7)12(16)17/h3-4,6,9,13H,2,5H2,1H3. The molecule has 1 atom stereocenters. The molecule has 0 heterocycles. The van der Waals surface area contributed by atoms with Gasteiger partial charge in [-0.15, -0.1) is 0 Å². The van der Waals surface area contributed by atoms with E-state index in [1.54, 1.807) is 6.92 Å². The second-order valence-electron chi connectivity index (χ2n) is 3.59. The van der Waals surface area contributed by atoms with Crippen LogP contribution in [-0.2, 0) is 6.42 Å². The largest absolute Gasteiger partial charge is 0.393 e. The fraction of sp³-hybridized carbons (Fsp3) is 0.400. The fourth-order valence-electron chi connectivity index (χ4n) is 1.41. The van der Waals surface area contributed by atoms with Crippen LogP contribution >= 0.6 is 0 Å². The SMILES string of the molecule is CCC(O)Cc1ccc([N+](=O)[O-])cc1[N+](=O)[O-]. The van der Waals surface area contributed by atoms with E-state index in [-0.39, 0.29) is 17.8 Å². The minimum atomic E-state index is -0.687. The number of benzene rings is 1. The summed E-state index contributed by atoms with van der Waals surface area (Å²) in [5, 5.41) is 30.7. The molecule has 1 aromatic rings. The Labute approximate surface area is 97.0 Å². The van der Waals surface area contributed by atoms with Crippen molar-refractivity contribution in [2.24, 2.45) is 0 Å². The van der Waals surface area contributed by atoms with Crippen molar-refractivity contribution in [1.29, 1.82) is 0 Å². The van der Waals surface area contributed by atoms with Crippen molar-refractivity contribution in [3.05, 3.63) is 44.0 Å². The second-order valence-corrected chi connectivity index (χ2v) is 3.59. The van der Waals surface area contributed by atoms with Crippen LogP contribution in [0.5, 0.6) is 0 Å². The van der Waals surface area contributed by atoms with E-state index in [2.05, 4.69) is 0 Å². The minimum Gasteiger partial charge on any atom is -0.393 e. The number of nitrogens with zero attached hydrogens (tertiary/aromatic N) is 2. The van der Waals surface area contributed by atoms with Crippen molar-refractivity contribution in [3.8, 4) is 0 Å². The number of aliphatic hydroxyl groups excluding tert-OH is 1. The van der Waals surface area contributed by atoms with E-state index in [4.69, 9.17) is 0 Å². The topological polar surface area (TPSA) is 107 Å². The van der Waals surface area contributed by atoms with Gasteiger partial charge in [0.2, 0.25) is 0 Å². The number of hydrogen-bond donors (Lipinski definition) is 1. The lowest BCUT2D eigenvalue weighted by Gasteiger charge is -2.07. The molecule has 0 radical (unpaired) electrons. The van der Waals surface area contributed by atoms with Gasteiger partial charge in [-0.05, 0) is 12.5 Å². The zero-order valence-corrected chi connectivity index (χ0v) is 9.20. The van der Waals surface area contributed by atoms with Crippen LogP contribution in [0.1, 0.15) is 18.9 Å². The zero-order chi connectivity index (χ0) is 13.0. The first-order valence-corrected chi connectivity index (χ1v) is 5.05. The van der Waals surface area contributed by atoms with Gasteiger partial charge in [-0.25, -0.2) is 0 Å². The molecule has 0 amide bonds. The van der Waals surface area contributed by atoms with Crippen LogP contribution < -0.4 is 0 Å². The van der Waals surface area contributed by atoms with Gasteiger partial charge in [0.15, 0.2) is 0 Å². The highest BCUT2D eigenvalue weighted by atomic mass is 16.6. The third kappa shape index (κ3) is 3.22. The maximum Gasteiger partial charge on any atom is 0.279 e. The molecule has 0 saturated heterocycles. The maximum atomic E-state index is 10.8. The average Bonchev–Trinajstić information content (AvgIpc) is 2.28. The predicted molar refractivity (Wildman–Crippen MR) is 59.8 cm³/mol. The molecule has 92 valence electrons. The van der Waals surface area contributed by atoms with Gasteiger partial charge in [0.25, 0.3) is 11.4 Å². The van der Waals surface area contributed by atoms with Gasteiger partial charge < -0.3 is 5.11 Å². The third-order valence-electron chi connectivity index (χ3n) is 2.40. The Morgan fingerprint density at radius 3 is 2.41 bits per heavy atom. The van der Waals surface area contributed by atoms with Gasteiger partial charge in [0.1, 0.15) is 0 Å². The molecule has 0 aliphatic rings. The van der Waals surface area contributed by atoms with E-state index in [1.165, 1.54) is 12.1 Å². The molecule has 0 aliphatic heterocycles. The van der Waals surface area contributed by atoms with Gasteiger partial charge in [-0.2, -0.15) is 0 Å². The number of aliphatic hydroxyl groups is 1. The van der Waals surface area contributed by atoms with E-state index in [0.29, 0.717) is 12.0 Å². The molecular formula is C10H12N2O5. The summed E-state index contributed by atoms with van der Waals surface area (Å²) in [4.78, 5) is 19.9. The van der Waals surface area contributed by atoms with Gasteiger partial charge in [-0.3, -0.25) is 20.2 Å². The molecule has 7 heteroatoms. The number of nitro groups is 2. The highest BCUT2D eigenvalue weighted by Gasteiger charge is 2.20. The molecular weight excluding hydrogens is 228 g/mol. The molecule has 1 N–H and O–H groups in total. The van der Waals surface area contributed by atoms with Crippen molar-refractivity contribution in [1.82, 2.24) is 0 Å². The summed E-state index contributed by atoms with van der Waals surface area (Å²) in [5.41, 5.74) is -0.354. The Morgan fingerprint density at radius 2 is 1.94 bits per heavy atom. The van der Waals surface area contributed by atoms with Crippen LogP contribution in [0.4, 0.5) is 11.4 Å². The molecule has 7 nitrogen and oxygen atoms in total. The van der Waals surface area contributed by atoms with Crippen LogP contribution in [-0.4, -0.2) is 21.1 Å². The molecule has 1 unspecified atom stereocenters. The molecule has 1 aromatic carbocycles. The highest BCUT2D eigenvalue weighted by Crippen LogP contribution is 2.25. The van der Waals surface area contributed by atoms with Crippen molar-refractivity contribution >= 4 is 11.4 Å². The maximum absolute atomic E-state index is 10.8. The van der Waals surface area contributed by atoms with E-state index >= 15 is 0 Å². The molecule has 0 aliphatic carbocycles. The van der Waals surface area contributed by atoms with E-state index in [9.17, 15) is 25.3 Å². The van der Waals surface area contributed by atoms with E-state index in [1.807, 2.05) is 0 Å². The minimum absolute atomic E-state index is 0.116. The number of rotatable bonds is 5. The molecule has 0 aromatic heterocycles. The van der Waals surface area contributed by atoms with Gasteiger partial charge in [0.05, 0.1) is 22.0 Å². The molecule has 1 rings (SSSR count). The lowest BCUT2D eigenvalue weighted by Crippen LogP contribution is -2.10. The summed E-state index contributed by atoms with van der Waals surface area (Å²) < 4.78 is 0. The summed E-state index contributed by atoms with van der Waals surface area (Å²) in [6.45, 7) is 1.75. The first-order chi connectivity index (χ1) is 7.95. The van der Waals surface area contributed by atoms with Crippen LogP contribution in [0, 0.1) is 20.2 Å². The lowest BCUT2D eigenvalue weighted by atomic mass is 10.0. The first-order valence-electron chi connectivity index (χ1n) is 5.05. The second kappa shape index (κ2) is 5.35. The van der Waals surface area contributed by atoms with Crippen LogP contribution in [0.15, 0.2) is 18.2 Å². The Bertz CT molecular complexity index is 446. The lowest BCUT2D eigenvalue weighted by molar-refractivity contribution is -0.394. The summed E-state index contributed by atoms with van der Waals surface area (Å²) in [7, 11) is 0. The molecule has 17 heavy (non-hydrogen) atoms. The van der Waals surface area contributed by atoms with Crippen molar-refractivity contribution in [2.45, 2.75) is 25.9 Å². The quantitative estimate of drug-likeness (QED) is 0.623. The van der Waals surface area contributed by atoms with E-state index < -0.39 is 16.0 Å². The Hall–Kier alpha value is -2.02. The van der Waals surface area contributed by atoms with E-state index in [0.717, 1.165) is 6.07 Å². The molecule has 0 saturated carbocycles. The predicted octanol–water partition coefficient (Wildman–Crippen LogP) is 1.82. The number of hydrogen-bond acceptors (Lipinski definition) is 5. The van der Waals surface area contributed by atoms with Crippen molar-refractivity contribution < 1.29 is 15.0 Å². The molecule has 0 bridgehead atoms. The third-order valence-corrected chi connectivity index (χ3v) is 2.40. The Kier molecular flexibility index (Phi) is 4.11. The van der Waals surface area contributed by atoms with Gasteiger partial charge in [0, 0.05) is 18.1 Å². The Morgan fingerprint density at radius 1 is 1.29 bits per heavy atom. The molecule has 0 spiro atoms. The van der Waals surface area contributed by atoms with Crippen molar-refractivity contribution in [2.75, 3.05) is 0 Å². The number of non-ortho nitro benzene ring substituents is 1. The van der Waals surface area contributed by atoms with Crippen LogP contribution in [0.2, 0.25) is 0 Å². The van der Waals surface area contributed by atoms with Crippen molar-refractivity contribution in [3.63, 3.8) is 0 Å². The highest BCUT2D eigenvalue weighted by molar-refractivity contribution is 5.49.